The Labute approximate surface area is 124 Å². The van der Waals surface area contributed by atoms with Crippen LogP contribution in [0.4, 0.5) is 5.69 Å². The van der Waals surface area contributed by atoms with Gasteiger partial charge in [0, 0.05) is 42.3 Å². The maximum atomic E-state index is 11.0. The topological polar surface area (TPSA) is 98.9 Å². The SMILES string of the molecule is O=[N+]([O-])c1cc(Br)cc([C@@H](CO)N2CCNCC2)c1O. The molecule has 1 aliphatic rings. The quantitative estimate of drug-likeness (QED) is 0.556. The van der Waals surface area contributed by atoms with E-state index in [-0.39, 0.29) is 18.0 Å². The Balaban J connectivity index is 2.40. The van der Waals surface area contributed by atoms with Crippen molar-refractivity contribution in [2.45, 2.75) is 6.04 Å². The number of piperazine rings is 1. The smallest absolute Gasteiger partial charge is 0.312 e. The van der Waals surface area contributed by atoms with Gasteiger partial charge in [0.25, 0.3) is 0 Å². The first-order valence-electron chi connectivity index (χ1n) is 6.27. The van der Waals surface area contributed by atoms with E-state index in [4.69, 9.17) is 0 Å². The van der Waals surface area contributed by atoms with Crippen LogP contribution in [0.2, 0.25) is 0 Å². The van der Waals surface area contributed by atoms with Crippen molar-refractivity contribution in [3.8, 4) is 5.75 Å². The number of phenolic OH excluding ortho intramolecular Hbond substituents is 1. The van der Waals surface area contributed by atoms with Crippen LogP contribution in [0.1, 0.15) is 11.6 Å². The van der Waals surface area contributed by atoms with Gasteiger partial charge in [0.15, 0.2) is 5.75 Å². The number of hydrogen-bond donors (Lipinski definition) is 3. The predicted molar refractivity (Wildman–Crippen MR) is 76.7 cm³/mol. The van der Waals surface area contributed by atoms with E-state index in [1.165, 1.54) is 6.07 Å². The van der Waals surface area contributed by atoms with Crippen LogP contribution in [0.15, 0.2) is 16.6 Å². The Hall–Kier alpha value is -1.22. The maximum Gasteiger partial charge on any atom is 0.312 e. The highest BCUT2D eigenvalue weighted by molar-refractivity contribution is 9.10. The average molecular weight is 346 g/mol. The molecule has 1 aromatic rings. The number of aliphatic hydroxyl groups excluding tert-OH is 1. The molecule has 0 aromatic heterocycles. The van der Waals surface area contributed by atoms with Gasteiger partial charge in [0.05, 0.1) is 17.6 Å². The minimum atomic E-state index is -0.629. The van der Waals surface area contributed by atoms with Gasteiger partial charge in [0.1, 0.15) is 0 Å². The summed E-state index contributed by atoms with van der Waals surface area (Å²) >= 11 is 3.21. The lowest BCUT2D eigenvalue weighted by molar-refractivity contribution is -0.386. The summed E-state index contributed by atoms with van der Waals surface area (Å²) in [5, 5.41) is 33.9. The van der Waals surface area contributed by atoms with E-state index in [9.17, 15) is 20.3 Å². The third-order valence-corrected chi connectivity index (χ3v) is 3.86. The molecule has 8 heteroatoms. The molecule has 0 saturated carbocycles. The Kier molecular flexibility index (Phi) is 4.92. The summed E-state index contributed by atoms with van der Waals surface area (Å²) in [5.74, 6) is -0.379. The molecular weight excluding hydrogens is 330 g/mol. The number of rotatable bonds is 4. The molecule has 0 aliphatic carbocycles. The monoisotopic (exact) mass is 345 g/mol. The number of nitro benzene ring substituents is 1. The normalized spacial score (nSPS) is 17.9. The van der Waals surface area contributed by atoms with Gasteiger partial charge in [-0.05, 0) is 6.07 Å². The van der Waals surface area contributed by atoms with Crippen LogP contribution in [0.25, 0.3) is 0 Å². The Bertz CT molecular complexity index is 506. The summed E-state index contributed by atoms with van der Waals surface area (Å²) in [5.41, 5.74) is 0.0124. The zero-order valence-corrected chi connectivity index (χ0v) is 12.3. The number of aromatic hydroxyl groups is 1. The van der Waals surface area contributed by atoms with Crippen molar-refractivity contribution in [1.82, 2.24) is 10.2 Å². The molecule has 7 nitrogen and oxygen atoms in total. The van der Waals surface area contributed by atoms with Gasteiger partial charge < -0.3 is 15.5 Å². The molecular formula is C12H16BrN3O4. The van der Waals surface area contributed by atoms with E-state index >= 15 is 0 Å². The highest BCUT2D eigenvalue weighted by Gasteiger charge is 2.28. The maximum absolute atomic E-state index is 11.0. The molecule has 1 heterocycles. The van der Waals surface area contributed by atoms with Crippen molar-refractivity contribution in [3.63, 3.8) is 0 Å². The van der Waals surface area contributed by atoms with Crippen molar-refractivity contribution < 1.29 is 15.1 Å². The van der Waals surface area contributed by atoms with Gasteiger partial charge in [-0.15, -0.1) is 0 Å². The third-order valence-electron chi connectivity index (χ3n) is 3.41. The van der Waals surface area contributed by atoms with Crippen LogP contribution >= 0.6 is 15.9 Å². The second kappa shape index (κ2) is 6.49. The van der Waals surface area contributed by atoms with Gasteiger partial charge in [-0.3, -0.25) is 15.0 Å². The second-order valence-corrected chi connectivity index (χ2v) is 5.52. The lowest BCUT2D eigenvalue weighted by Crippen LogP contribution is -2.46. The number of benzene rings is 1. The molecule has 1 aliphatic heterocycles. The third kappa shape index (κ3) is 3.09. The van der Waals surface area contributed by atoms with Crippen LogP contribution in [0.5, 0.6) is 5.75 Å². The number of aliphatic hydroxyl groups is 1. The molecule has 1 saturated heterocycles. The van der Waals surface area contributed by atoms with Crippen molar-refractivity contribution in [2.75, 3.05) is 32.8 Å². The second-order valence-electron chi connectivity index (χ2n) is 4.60. The summed E-state index contributed by atoms with van der Waals surface area (Å²) in [6, 6.07) is 2.42. The fourth-order valence-electron chi connectivity index (χ4n) is 2.40. The van der Waals surface area contributed by atoms with E-state index in [0.717, 1.165) is 13.1 Å². The minimum Gasteiger partial charge on any atom is -0.502 e. The first-order chi connectivity index (χ1) is 9.54. The molecule has 0 spiro atoms. The van der Waals surface area contributed by atoms with Crippen molar-refractivity contribution >= 4 is 21.6 Å². The summed E-state index contributed by atoms with van der Waals surface area (Å²) in [7, 11) is 0. The van der Waals surface area contributed by atoms with E-state index in [2.05, 4.69) is 21.2 Å². The van der Waals surface area contributed by atoms with Gasteiger partial charge in [-0.2, -0.15) is 0 Å². The van der Waals surface area contributed by atoms with Crippen LogP contribution in [0.3, 0.4) is 0 Å². The lowest BCUT2D eigenvalue weighted by atomic mass is 10.0. The van der Waals surface area contributed by atoms with E-state index in [1.807, 2.05) is 4.90 Å². The molecule has 0 bridgehead atoms. The minimum absolute atomic E-state index is 0.207. The predicted octanol–water partition coefficient (Wildman–Crippen LogP) is 1.00. The molecule has 20 heavy (non-hydrogen) atoms. The van der Waals surface area contributed by atoms with E-state index < -0.39 is 11.0 Å². The highest BCUT2D eigenvalue weighted by atomic mass is 79.9. The number of nitro groups is 1. The number of phenols is 1. The standard InChI is InChI=1S/C12H16BrN3O4/c13-8-5-9(12(18)10(6-8)16(19)20)11(7-17)15-3-1-14-2-4-15/h5-6,11,14,17-18H,1-4,7H2/t11-/m1/s1. The van der Waals surface area contributed by atoms with Crippen LogP contribution in [-0.2, 0) is 0 Å². The fourth-order valence-corrected chi connectivity index (χ4v) is 2.87. The Morgan fingerprint density at radius 1 is 1.45 bits per heavy atom. The van der Waals surface area contributed by atoms with Gasteiger partial charge in [-0.25, -0.2) is 0 Å². The summed E-state index contributed by atoms with van der Waals surface area (Å²) < 4.78 is 0.505. The van der Waals surface area contributed by atoms with Crippen molar-refractivity contribution in [3.05, 3.63) is 32.3 Å². The van der Waals surface area contributed by atoms with Crippen molar-refractivity contribution in [1.29, 1.82) is 0 Å². The molecule has 0 radical (unpaired) electrons. The van der Waals surface area contributed by atoms with E-state index in [0.29, 0.717) is 23.1 Å². The number of nitrogens with zero attached hydrogens (tertiary/aromatic N) is 2. The van der Waals surface area contributed by atoms with Crippen LogP contribution in [-0.4, -0.2) is 52.8 Å². The molecule has 3 N–H and O–H groups in total. The molecule has 1 aromatic carbocycles. The molecule has 1 atom stereocenters. The van der Waals surface area contributed by atoms with Gasteiger partial charge in [0.2, 0.25) is 0 Å². The zero-order chi connectivity index (χ0) is 14.7. The summed E-state index contributed by atoms with van der Waals surface area (Å²) in [4.78, 5) is 12.3. The lowest BCUT2D eigenvalue weighted by Gasteiger charge is -2.34. The molecule has 1 fully saturated rings. The molecule has 0 amide bonds. The first kappa shape index (κ1) is 15.2. The van der Waals surface area contributed by atoms with Crippen LogP contribution in [0, 0.1) is 10.1 Å². The van der Waals surface area contributed by atoms with E-state index in [1.54, 1.807) is 6.07 Å². The molecule has 2 rings (SSSR count). The zero-order valence-electron chi connectivity index (χ0n) is 10.8. The number of hydrogen-bond acceptors (Lipinski definition) is 6. The van der Waals surface area contributed by atoms with Crippen LogP contribution < -0.4 is 5.32 Å². The van der Waals surface area contributed by atoms with Crippen molar-refractivity contribution in [2.24, 2.45) is 0 Å². The first-order valence-corrected chi connectivity index (χ1v) is 7.06. The summed E-state index contributed by atoms with van der Waals surface area (Å²) in [6.07, 6.45) is 0. The largest absolute Gasteiger partial charge is 0.502 e. The molecule has 0 unspecified atom stereocenters. The molecule has 110 valence electrons. The summed E-state index contributed by atoms with van der Waals surface area (Å²) in [6.45, 7) is 2.79. The van der Waals surface area contributed by atoms with Gasteiger partial charge >= 0.3 is 5.69 Å². The fraction of sp³-hybridized carbons (Fsp3) is 0.500. The number of nitrogens with one attached hydrogen (secondary N) is 1. The highest BCUT2D eigenvalue weighted by Crippen LogP contribution is 2.38. The van der Waals surface area contributed by atoms with Gasteiger partial charge in [-0.1, -0.05) is 15.9 Å². The average Bonchev–Trinajstić information content (AvgIpc) is 2.44. The number of halogens is 1. The Morgan fingerprint density at radius 2 is 2.10 bits per heavy atom. The Morgan fingerprint density at radius 3 is 2.65 bits per heavy atom.